The predicted molar refractivity (Wildman–Crippen MR) is 124 cm³/mol. The first-order valence-electron chi connectivity index (χ1n) is 11.9. The molecule has 9 heteroatoms. The molecule has 2 N–H and O–H groups in total. The van der Waals surface area contributed by atoms with Crippen LogP contribution in [0.2, 0.25) is 0 Å². The van der Waals surface area contributed by atoms with Crippen molar-refractivity contribution >= 4 is 0 Å². The number of rotatable bonds is 8. The normalized spacial score (nSPS) is 21.6. The number of likely N-dealkylation sites (tertiary alicyclic amines) is 2. The predicted octanol–water partition coefficient (Wildman–Crippen LogP) is 3.18. The van der Waals surface area contributed by atoms with Crippen molar-refractivity contribution in [2.24, 2.45) is 5.92 Å². The van der Waals surface area contributed by atoms with E-state index in [4.69, 9.17) is 4.74 Å². The summed E-state index contributed by atoms with van der Waals surface area (Å²) in [6.07, 6.45) is 3.96. The molecule has 1 aromatic heterocycles. The molecule has 2 aliphatic rings. The number of nitrogens with zero attached hydrogens (tertiary/aromatic N) is 4. The largest absolute Gasteiger partial charge is 0.476 e. The lowest BCUT2D eigenvalue weighted by Gasteiger charge is -2.34. The SMILES string of the molecule is CC(C)(F)CN1CCC(COc2cnc(-c3ccc([C@H](O)N4CCC(O)C4)c(F)c3)cn2)CC1. The highest BCUT2D eigenvalue weighted by atomic mass is 19.1. The fourth-order valence-corrected chi connectivity index (χ4v) is 4.67. The lowest BCUT2D eigenvalue weighted by molar-refractivity contribution is 0.00777. The number of aromatic nitrogens is 2. The molecular weight excluding hydrogens is 442 g/mol. The monoisotopic (exact) mass is 476 g/mol. The summed E-state index contributed by atoms with van der Waals surface area (Å²) in [6.45, 7) is 6.77. The third-order valence-corrected chi connectivity index (χ3v) is 6.52. The molecule has 0 radical (unpaired) electrons. The molecule has 3 heterocycles. The van der Waals surface area contributed by atoms with Gasteiger partial charge >= 0.3 is 0 Å². The van der Waals surface area contributed by atoms with Crippen molar-refractivity contribution in [3.63, 3.8) is 0 Å². The highest BCUT2D eigenvalue weighted by molar-refractivity contribution is 5.59. The fourth-order valence-electron chi connectivity index (χ4n) is 4.67. The van der Waals surface area contributed by atoms with Crippen molar-refractivity contribution in [1.29, 1.82) is 0 Å². The van der Waals surface area contributed by atoms with Crippen LogP contribution in [-0.4, -0.2) is 81.1 Å². The quantitative estimate of drug-likeness (QED) is 0.606. The number of hydrogen-bond acceptors (Lipinski definition) is 7. The van der Waals surface area contributed by atoms with E-state index in [0.29, 0.717) is 55.7 Å². The zero-order chi connectivity index (χ0) is 24.3. The van der Waals surface area contributed by atoms with E-state index in [1.54, 1.807) is 37.1 Å². The number of hydrogen-bond donors (Lipinski definition) is 2. The van der Waals surface area contributed by atoms with Gasteiger partial charge in [-0.15, -0.1) is 0 Å². The second-order valence-corrected chi connectivity index (χ2v) is 10.0. The Morgan fingerprint density at radius 3 is 2.50 bits per heavy atom. The van der Waals surface area contributed by atoms with Crippen LogP contribution in [0.4, 0.5) is 8.78 Å². The molecule has 2 atom stereocenters. The van der Waals surface area contributed by atoms with Gasteiger partial charge in [0.1, 0.15) is 17.7 Å². The first kappa shape index (κ1) is 24.9. The Morgan fingerprint density at radius 2 is 1.91 bits per heavy atom. The van der Waals surface area contributed by atoms with Crippen LogP contribution in [0, 0.1) is 11.7 Å². The maximum Gasteiger partial charge on any atom is 0.232 e. The topological polar surface area (TPSA) is 82.0 Å². The van der Waals surface area contributed by atoms with Crippen LogP contribution in [-0.2, 0) is 0 Å². The molecule has 2 aromatic rings. The number of ether oxygens (including phenoxy) is 1. The van der Waals surface area contributed by atoms with Gasteiger partial charge in [0, 0.05) is 30.8 Å². The first-order valence-corrected chi connectivity index (χ1v) is 11.9. The molecule has 4 rings (SSSR count). The summed E-state index contributed by atoms with van der Waals surface area (Å²) in [4.78, 5) is 12.5. The van der Waals surface area contributed by atoms with E-state index in [-0.39, 0.29) is 5.56 Å². The van der Waals surface area contributed by atoms with Crippen molar-refractivity contribution in [3.05, 3.63) is 42.0 Å². The Balaban J connectivity index is 1.29. The Bertz CT molecular complexity index is 946. The number of benzene rings is 1. The maximum absolute atomic E-state index is 14.7. The molecule has 1 aromatic carbocycles. The molecule has 7 nitrogen and oxygen atoms in total. The van der Waals surface area contributed by atoms with Crippen molar-refractivity contribution < 1.29 is 23.7 Å². The van der Waals surface area contributed by atoms with Gasteiger partial charge in [0.05, 0.1) is 30.8 Å². The number of β-amino-alcohol motifs (C(OH)–C–C–N with tert-alkyl or cyclic N) is 1. The van der Waals surface area contributed by atoms with Crippen LogP contribution in [0.5, 0.6) is 5.88 Å². The minimum atomic E-state index is -1.18. The van der Waals surface area contributed by atoms with E-state index < -0.39 is 23.8 Å². The Morgan fingerprint density at radius 1 is 1.15 bits per heavy atom. The summed E-state index contributed by atoms with van der Waals surface area (Å²) in [5.41, 5.74) is 0.0521. The highest BCUT2D eigenvalue weighted by Crippen LogP contribution is 2.28. The van der Waals surface area contributed by atoms with E-state index in [0.717, 1.165) is 25.9 Å². The summed E-state index contributed by atoms with van der Waals surface area (Å²) >= 11 is 0. The Labute approximate surface area is 199 Å². The van der Waals surface area contributed by atoms with Crippen LogP contribution < -0.4 is 4.74 Å². The van der Waals surface area contributed by atoms with E-state index >= 15 is 0 Å². The molecule has 0 aliphatic carbocycles. The number of halogens is 2. The summed E-state index contributed by atoms with van der Waals surface area (Å²) < 4.78 is 34.4. The summed E-state index contributed by atoms with van der Waals surface area (Å²) in [6, 6.07) is 4.58. The second kappa shape index (κ2) is 10.6. The van der Waals surface area contributed by atoms with Crippen LogP contribution in [0.3, 0.4) is 0 Å². The molecule has 2 saturated heterocycles. The van der Waals surface area contributed by atoms with E-state index in [1.807, 2.05) is 0 Å². The van der Waals surface area contributed by atoms with E-state index in [9.17, 15) is 19.0 Å². The van der Waals surface area contributed by atoms with Gasteiger partial charge in [0.2, 0.25) is 5.88 Å². The van der Waals surface area contributed by atoms with Crippen molar-refractivity contribution in [3.8, 4) is 17.1 Å². The molecule has 0 spiro atoms. The minimum Gasteiger partial charge on any atom is -0.476 e. The third-order valence-electron chi connectivity index (χ3n) is 6.52. The average Bonchev–Trinajstić information content (AvgIpc) is 3.24. The van der Waals surface area contributed by atoms with E-state index in [2.05, 4.69) is 14.9 Å². The number of alkyl halides is 1. The molecule has 1 unspecified atom stereocenters. The lowest BCUT2D eigenvalue weighted by Crippen LogP contribution is -2.41. The first-order chi connectivity index (χ1) is 16.2. The van der Waals surface area contributed by atoms with Gasteiger partial charge in [-0.05, 0) is 58.2 Å². The van der Waals surface area contributed by atoms with Crippen LogP contribution in [0.25, 0.3) is 11.3 Å². The zero-order valence-electron chi connectivity index (χ0n) is 19.8. The van der Waals surface area contributed by atoms with Crippen LogP contribution in [0.15, 0.2) is 30.6 Å². The smallest absolute Gasteiger partial charge is 0.232 e. The van der Waals surface area contributed by atoms with Gasteiger partial charge in [0.15, 0.2) is 0 Å². The van der Waals surface area contributed by atoms with Crippen molar-refractivity contribution in [1.82, 2.24) is 19.8 Å². The standard InChI is InChI=1S/C25H34F2N4O3/c1-25(2,27)16-30-8-5-17(6-9-30)15-34-23-13-28-22(12-29-23)18-3-4-20(21(26)11-18)24(33)31-10-7-19(32)14-31/h3-4,11-13,17,19,24,32-33H,5-10,14-16H2,1-2H3/t19?,24-/m0/s1. The fraction of sp³-hybridized carbons (Fsp3) is 0.600. The molecule has 186 valence electrons. The minimum absolute atomic E-state index is 0.173. The van der Waals surface area contributed by atoms with Gasteiger partial charge in [-0.3, -0.25) is 4.90 Å². The van der Waals surface area contributed by atoms with Gasteiger partial charge in [-0.25, -0.2) is 18.7 Å². The van der Waals surface area contributed by atoms with Crippen molar-refractivity contribution in [2.45, 2.75) is 51.1 Å². The second-order valence-electron chi connectivity index (χ2n) is 10.0. The van der Waals surface area contributed by atoms with E-state index in [1.165, 1.54) is 12.3 Å². The highest BCUT2D eigenvalue weighted by Gasteiger charge is 2.28. The lowest BCUT2D eigenvalue weighted by atomic mass is 9.97. The van der Waals surface area contributed by atoms with Crippen LogP contribution >= 0.6 is 0 Å². The molecule has 2 aliphatic heterocycles. The van der Waals surface area contributed by atoms with Gasteiger partial charge in [-0.2, -0.15) is 0 Å². The molecular formula is C25H34F2N4O3. The zero-order valence-corrected chi connectivity index (χ0v) is 19.8. The molecule has 2 fully saturated rings. The summed E-state index contributed by atoms with van der Waals surface area (Å²) in [5.74, 6) is 0.275. The number of aliphatic hydroxyl groups excluding tert-OH is 2. The third kappa shape index (κ3) is 6.47. The average molecular weight is 477 g/mol. The van der Waals surface area contributed by atoms with Crippen LogP contribution in [0.1, 0.15) is 44.9 Å². The number of piperidine rings is 1. The van der Waals surface area contributed by atoms with Crippen molar-refractivity contribution in [2.75, 3.05) is 39.3 Å². The molecule has 0 saturated carbocycles. The Kier molecular flexibility index (Phi) is 7.77. The summed E-state index contributed by atoms with van der Waals surface area (Å²) in [7, 11) is 0. The molecule has 0 amide bonds. The summed E-state index contributed by atoms with van der Waals surface area (Å²) in [5, 5.41) is 20.1. The molecule has 0 bridgehead atoms. The van der Waals surface area contributed by atoms with Gasteiger partial charge in [-0.1, -0.05) is 12.1 Å². The molecule has 34 heavy (non-hydrogen) atoms. The Hall–Kier alpha value is -2.20. The van der Waals surface area contributed by atoms with Gasteiger partial charge in [0.25, 0.3) is 0 Å². The maximum atomic E-state index is 14.7. The number of aliphatic hydroxyl groups is 2. The van der Waals surface area contributed by atoms with Gasteiger partial charge < -0.3 is 19.8 Å².